The van der Waals surface area contributed by atoms with E-state index in [0.717, 1.165) is 11.3 Å². The Morgan fingerprint density at radius 3 is 2.67 bits per heavy atom. The number of carbonyl (C=O) groups excluding carboxylic acids is 1. The van der Waals surface area contributed by atoms with Gasteiger partial charge in [-0.2, -0.15) is 4.68 Å². The molecule has 1 aromatic heterocycles. The molecule has 0 saturated carbocycles. The van der Waals surface area contributed by atoms with Crippen molar-refractivity contribution in [2.75, 3.05) is 19.4 Å². The molecule has 140 valence electrons. The smallest absolute Gasteiger partial charge is 0.233 e. The Hall–Kier alpha value is -2.87. The van der Waals surface area contributed by atoms with E-state index in [4.69, 9.17) is 4.74 Å². The minimum atomic E-state index is 0.0106. The molecule has 0 atom stereocenters. The number of nitrogens with zero attached hydrogens (tertiary/aromatic N) is 5. The van der Waals surface area contributed by atoms with Gasteiger partial charge in [-0.1, -0.05) is 54.2 Å². The maximum Gasteiger partial charge on any atom is 0.233 e. The SMILES string of the molecule is CCOc1ccccc1-n1nnnc1SCC(=O)N(C)Cc1ccccc1. The van der Waals surface area contributed by atoms with E-state index in [0.29, 0.717) is 24.1 Å². The van der Waals surface area contributed by atoms with Crippen LogP contribution in [0.3, 0.4) is 0 Å². The molecule has 0 N–H and O–H groups in total. The van der Waals surface area contributed by atoms with Crippen molar-refractivity contribution in [1.82, 2.24) is 25.1 Å². The van der Waals surface area contributed by atoms with Gasteiger partial charge in [0.25, 0.3) is 0 Å². The number of benzene rings is 2. The molecule has 27 heavy (non-hydrogen) atoms. The van der Waals surface area contributed by atoms with E-state index in [1.54, 1.807) is 16.6 Å². The zero-order valence-corrected chi connectivity index (χ0v) is 16.1. The van der Waals surface area contributed by atoms with Crippen molar-refractivity contribution < 1.29 is 9.53 Å². The highest BCUT2D eigenvalue weighted by atomic mass is 32.2. The van der Waals surface area contributed by atoms with Crippen molar-refractivity contribution in [3.05, 3.63) is 60.2 Å². The standard InChI is InChI=1S/C19H21N5O2S/c1-3-26-17-12-8-7-11-16(17)24-19(20-21-22-24)27-14-18(25)23(2)13-15-9-5-4-6-10-15/h4-12H,3,13-14H2,1-2H3. The van der Waals surface area contributed by atoms with Gasteiger partial charge in [0.2, 0.25) is 11.1 Å². The molecule has 0 fully saturated rings. The van der Waals surface area contributed by atoms with Crippen LogP contribution in [0.15, 0.2) is 59.8 Å². The van der Waals surface area contributed by atoms with Gasteiger partial charge >= 0.3 is 0 Å². The van der Waals surface area contributed by atoms with Gasteiger partial charge in [-0.25, -0.2) is 0 Å². The number of ether oxygens (including phenoxy) is 1. The summed E-state index contributed by atoms with van der Waals surface area (Å²) in [6.45, 7) is 3.04. The highest BCUT2D eigenvalue weighted by molar-refractivity contribution is 7.99. The quantitative estimate of drug-likeness (QED) is 0.557. The predicted octanol–water partition coefficient (Wildman–Crippen LogP) is 2.81. The highest BCUT2D eigenvalue weighted by Gasteiger charge is 2.16. The fraction of sp³-hybridized carbons (Fsp3) is 0.263. The molecule has 2 aromatic carbocycles. The van der Waals surface area contributed by atoms with Crippen LogP contribution >= 0.6 is 11.8 Å². The van der Waals surface area contributed by atoms with Crippen LogP contribution in [-0.2, 0) is 11.3 Å². The first-order valence-electron chi connectivity index (χ1n) is 8.60. The molecular formula is C19H21N5O2S. The Balaban J connectivity index is 1.66. The molecule has 7 nitrogen and oxygen atoms in total. The van der Waals surface area contributed by atoms with Gasteiger partial charge in [-0.05, 0) is 35.0 Å². The Morgan fingerprint density at radius 1 is 1.15 bits per heavy atom. The number of tetrazole rings is 1. The number of rotatable bonds is 8. The van der Waals surface area contributed by atoms with Gasteiger partial charge in [-0.3, -0.25) is 4.79 Å². The Morgan fingerprint density at radius 2 is 1.89 bits per heavy atom. The molecule has 1 heterocycles. The monoisotopic (exact) mass is 383 g/mol. The first kappa shape index (κ1) is 18.9. The lowest BCUT2D eigenvalue weighted by Crippen LogP contribution is -2.27. The summed E-state index contributed by atoms with van der Waals surface area (Å²) in [5.74, 6) is 0.957. The Labute approximate surface area is 162 Å². The largest absolute Gasteiger partial charge is 0.492 e. The van der Waals surface area contributed by atoms with E-state index in [-0.39, 0.29) is 11.7 Å². The van der Waals surface area contributed by atoms with Crippen LogP contribution in [0.4, 0.5) is 0 Å². The predicted molar refractivity (Wildman–Crippen MR) is 104 cm³/mol. The average molecular weight is 383 g/mol. The number of hydrogen-bond donors (Lipinski definition) is 0. The lowest BCUT2D eigenvalue weighted by molar-refractivity contribution is -0.127. The molecular weight excluding hydrogens is 362 g/mol. The second-order valence-corrected chi connectivity index (χ2v) is 6.74. The molecule has 0 saturated heterocycles. The summed E-state index contributed by atoms with van der Waals surface area (Å²) in [7, 11) is 1.79. The van der Waals surface area contributed by atoms with E-state index < -0.39 is 0 Å². The molecule has 8 heteroatoms. The van der Waals surface area contributed by atoms with E-state index in [1.807, 2.05) is 61.5 Å². The molecule has 0 aliphatic rings. The molecule has 0 aliphatic heterocycles. The average Bonchev–Trinajstić information content (AvgIpc) is 3.16. The van der Waals surface area contributed by atoms with Crippen LogP contribution in [0, 0.1) is 0 Å². The maximum atomic E-state index is 12.5. The molecule has 1 amide bonds. The normalized spacial score (nSPS) is 10.6. The summed E-state index contributed by atoms with van der Waals surface area (Å²) in [6.07, 6.45) is 0. The van der Waals surface area contributed by atoms with Crippen LogP contribution in [0.1, 0.15) is 12.5 Å². The second kappa shape index (κ2) is 9.18. The number of carbonyl (C=O) groups is 1. The number of hydrogen-bond acceptors (Lipinski definition) is 6. The summed E-state index contributed by atoms with van der Waals surface area (Å²) < 4.78 is 7.24. The third-order valence-corrected chi connectivity index (χ3v) is 4.75. The summed E-state index contributed by atoms with van der Waals surface area (Å²) in [5, 5.41) is 12.4. The number of para-hydroxylation sites is 2. The first-order valence-corrected chi connectivity index (χ1v) is 9.59. The summed E-state index contributed by atoms with van der Waals surface area (Å²) in [4.78, 5) is 14.2. The van der Waals surface area contributed by atoms with Gasteiger partial charge < -0.3 is 9.64 Å². The molecule has 0 spiro atoms. The minimum Gasteiger partial charge on any atom is -0.492 e. The lowest BCUT2D eigenvalue weighted by atomic mass is 10.2. The van der Waals surface area contributed by atoms with Crippen LogP contribution in [0.2, 0.25) is 0 Å². The fourth-order valence-electron chi connectivity index (χ4n) is 2.51. The van der Waals surface area contributed by atoms with E-state index in [1.165, 1.54) is 11.8 Å². The van der Waals surface area contributed by atoms with Crippen molar-refractivity contribution in [3.63, 3.8) is 0 Å². The van der Waals surface area contributed by atoms with Crippen molar-refractivity contribution >= 4 is 17.7 Å². The summed E-state index contributed by atoms with van der Waals surface area (Å²) in [6, 6.07) is 17.4. The van der Waals surface area contributed by atoms with Gasteiger partial charge in [0, 0.05) is 13.6 Å². The van der Waals surface area contributed by atoms with Crippen molar-refractivity contribution in [2.45, 2.75) is 18.6 Å². The van der Waals surface area contributed by atoms with E-state index >= 15 is 0 Å². The maximum absolute atomic E-state index is 12.5. The molecule has 0 bridgehead atoms. The van der Waals surface area contributed by atoms with Crippen LogP contribution in [-0.4, -0.2) is 50.4 Å². The number of aromatic nitrogens is 4. The third-order valence-electron chi connectivity index (χ3n) is 3.85. The van der Waals surface area contributed by atoms with Crippen LogP contribution in [0.25, 0.3) is 5.69 Å². The zero-order valence-electron chi connectivity index (χ0n) is 15.3. The number of thioether (sulfide) groups is 1. The van der Waals surface area contributed by atoms with Crippen molar-refractivity contribution in [3.8, 4) is 11.4 Å². The second-order valence-electron chi connectivity index (χ2n) is 5.80. The minimum absolute atomic E-state index is 0.0106. The van der Waals surface area contributed by atoms with Crippen molar-refractivity contribution in [2.24, 2.45) is 0 Å². The fourth-order valence-corrected chi connectivity index (χ4v) is 3.34. The van der Waals surface area contributed by atoms with Crippen LogP contribution in [0.5, 0.6) is 5.75 Å². The van der Waals surface area contributed by atoms with E-state index in [9.17, 15) is 4.79 Å². The molecule has 3 rings (SSSR count). The summed E-state index contributed by atoms with van der Waals surface area (Å²) >= 11 is 1.30. The molecule has 0 unspecified atom stereocenters. The topological polar surface area (TPSA) is 73.1 Å². The highest BCUT2D eigenvalue weighted by Crippen LogP contribution is 2.26. The van der Waals surface area contributed by atoms with Crippen molar-refractivity contribution in [1.29, 1.82) is 0 Å². The van der Waals surface area contributed by atoms with Crippen LogP contribution < -0.4 is 4.74 Å². The van der Waals surface area contributed by atoms with Gasteiger partial charge in [-0.15, -0.1) is 5.10 Å². The number of amides is 1. The third kappa shape index (κ3) is 4.85. The van der Waals surface area contributed by atoms with E-state index in [2.05, 4.69) is 15.5 Å². The Kier molecular flexibility index (Phi) is 6.43. The molecule has 3 aromatic rings. The molecule has 0 aliphatic carbocycles. The van der Waals surface area contributed by atoms with Gasteiger partial charge in [0.05, 0.1) is 12.4 Å². The summed E-state index contributed by atoms with van der Waals surface area (Å²) in [5.41, 5.74) is 1.84. The molecule has 0 radical (unpaired) electrons. The van der Waals surface area contributed by atoms with Gasteiger partial charge in [0.15, 0.2) is 0 Å². The first-order chi connectivity index (χ1) is 13.2. The Bertz CT molecular complexity index is 885. The van der Waals surface area contributed by atoms with Gasteiger partial charge in [0.1, 0.15) is 11.4 Å². The lowest BCUT2D eigenvalue weighted by Gasteiger charge is -2.17. The zero-order chi connectivity index (χ0) is 19.1.